The second-order valence-corrected chi connectivity index (χ2v) is 5.07. The van der Waals surface area contributed by atoms with Gasteiger partial charge >= 0.3 is 11.7 Å². The monoisotopic (exact) mass is 293 g/mol. The van der Waals surface area contributed by atoms with Crippen LogP contribution < -0.4 is 4.74 Å². The minimum atomic E-state index is -0.545. The van der Waals surface area contributed by atoms with Gasteiger partial charge in [-0.3, -0.25) is 14.9 Å². The molecule has 0 aliphatic carbocycles. The smallest absolute Gasteiger partial charge is 0.311 e. The second kappa shape index (κ2) is 9.91. The van der Waals surface area contributed by atoms with Crippen LogP contribution in [0, 0.1) is 10.1 Å². The van der Waals surface area contributed by atoms with Gasteiger partial charge in [0.1, 0.15) is 0 Å². The number of benzene rings is 1. The van der Waals surface area contributed by atoms with Crippen molar-refractivity contribution in [1.82, 2.24) is 0 Å². The Morgan fingerprint density at radius 1 is 1.10 bits per heavy atom. The molecule has 0 radical (unpaired) electrons. The van der Waals surface area contributed by atoms with Crippen LogP contribution in [-0.4, -0.2) is 10.9 Å². The van der Waals surface area contributed by atoms with E-state index in [9.17, 15) is 14.9 Å². The summed E-state index contributed by atoms with van der Waals surface area (Å²) < 4.78 is 5.07. The zero-order chi connectivity index (χ0) is 15.5. The molecule has 116 valence electrons. The first kappa shape index (κ1) is 17.1. The Labute approximate surface area is 125 Å². The van der Waals surface area contributed by atoms with Gasteiger partial charge in [0.15, 0.2) is 0 Å². The van der Waals surface area contributed by atoms with Crippen LogP contribution in [0.1, 0.15) is 58.3 Å². The number of ether oxygens (including phenoxy) is 1. The van der Waals surface area contributed by atoms with Gasteiger partial charge in [0, 0.05) is 12.5 Å². The summed E-state index contributed by atoms with van der Waals surface area (Å²) in [5.41, 5.74) is -0.176. The van der Waals surface area contributed by atoms with E-state index in [1.807, 2.05) is 0 Å². The molecule has 0 heterocycles. The molecule has 0 atom stereocenters. The molecule has 0 saturated heterocycles. The fraction of sp³-hybridized carbons (Fsp3) is 0.562. The molecule has 1 aromatic rings. The molecule has 0 N–H and O–H groups in total. The lowest BCUT2D eigenvalue weighted by Gasteiger charge is -2.05. The average molecular weight is 293 g/mol. The van der Waals surface area contributed by atoms with E-state index < -0.39 is 10.9 Å². The van der Waals surface area contributed by atoms with Crippen molar-refractivity contribution >= 4 is 11.7 Å². The largest absolute Gasteiger partial charge is 0.419 e. The Bertz CT molecular complexity index is 459. The van der Waals surface area contributed by atoms with Gasteiger partial charge < -0.3 is 4.74 Å². The van der Waals surface area contributed by atoms with Crippen molar-refractivity contribution in [3.05, 3.63) is 34.4 Å². The molecule has 0 aromatic heterocycles. The third kappa shape index (κ3) is 6.88. The van der Waals surface area contributed by atoms with Crippen LogP contribution in [0.3, 0.4) is 0 Å². The van der Waals surface area contributed by atoms with Gasteiger partial charge in [-0.25, -0.2) is 0 Å². The Balaban J connectivity index is 2.27. The van der Waals surface area contributed by atoms with Crippen molar-refractivity contribution in [2.75, 3.05) is 0 Å². The van der Waals surface area contributed by atoms with Crippen LogP contribution in [0.2, 0.25) is 0 Å². The molecular formula is C16H23NO4. The van der Waals surface area contributed by atoms with E-state index in [1.165, 1.54) is 37.8 Å². The zero-order valence-electron chi connectivity index (χ0n) is 12.5. The standard InChI is InChI=1S/C16H23NO4/c1-2-3-4-5-6-7-8-13-16(18)21-15-12-10-9-11-14(15)17(19)20/h9-12H,2-8,13H2,1H3. The van der Waals surface area contributed by atoms with Gasteiger partial charge in [-0.15, -0.1) is 0 Å². The highest BCUT2D eigenvalue weighted by Gasteiger charge is 2.16. The van der Waals surface area contributed by atoms with Crippen LogP contribution in [0.25, 0.3) is 0 Å². The Kier molecular flexibility index (Phi) is 8.09. The van der Waals surface area contributed by atoms with E-state index >= 15 is 0 Å². The molecule has 0 aliphatic rings. The van der Waals surface area contributed by atoms with Crippen molar-refractivity contribution in [1.29, 1.82) is 0 Å². The second-order valence-electron chi connectivity index (χ2n) is 5.07. The van der Waals surface area contributed by atoms with Gasteiger partial charge in [-0.05, 0) is 12.5 Å². The van der Waals surface area contributed by atoms with Gasteiger partial charge in [0.25, 0.3) is 0 Å². The van der Waals surface area contributed by atoms with Crippen LogP contribution in [0.5, 0.6) is 5.75 Å². The Hall–Kier alpha value is -1.91. The molecule has 0 spiro atoms. The summed E-state index contributed by atoms with van der Waals surface area (Å²) in [4.78, 5) is 21.9. The fourth-order valence-electron chi connectivity index (χ4n) is 2.09. The van der Waals surface area contributed by atoms with Crippen LogP contribution in [0.4, 0.5) is 5.69 Å². The molecule has 0 aliphatic heterocycles. The van der Waals surface area contributed by atoms with Crippen LogP contribution in [-0.2, 0) is 4.79 Å². The summed E-state index contributed by atoms with van der Waals surface area (Å²) in [6, 6.07) is 5.94. The molecule has 0 saturated carbocycles. The van der Waals surface area contributed by atoms with Crippen molar-refractivity contribution in [3.63, 3.8) is 0 Å². The number of hydrogen-bond donors (Lipinski definition) is 0. The predicted molar refractivity (Wildman–Crippen MR) is 81.3 cm³/mol. The fourth-order valence-corrected chi connectivity index (χ4v) is 2.09. The molecular weight excluding hydrogens is 270 g/mol. The molecule has 0 bridgehead atoms. The maximum atomic E-state index is 11.7. The third-order valence-corrected chi connectivity index (χ3v) is 3.27. The minimum Gasteiger partial charge on any atom is -0.419 e. The third-order valence-electron chi connectivity index (χ3n) is 3.27. The van der Waals surface area contributed by atoms with E-state index in [-0.39, 0.29) is 11.4 Å². The number of nitro groups is 1. The maximum Gasteiger partial charge on any atom is 0.311 e. The SMILES string of the molecule is CCCCCCCCCC(=O)Oc1ccccc1[N+](=O)[O-]. The van der Waals surface area contributed by atoms with E-state index in [4.69, 9.17) is 4.74 Å². The normalized spacial score (nSPS) is 10.3. The zero-order valence-corrected chi connectivity index (χ0v) is 12.5. The number of carbonyl (C=O) groups excluding carboxylic acids is 1. The number of unbranched alkanes of at least 4 members (excludes halogenated alkanes) is 6. The van der Waals surface area contributed by atoms with Crippen molar-refractivity contribution < 1.29 is 14.5 Å². The Morgan fingerprint density at radius 2 is 1.71 bits per heavy atom. The molecule has 1 aromatic carbocycles. The lowest BCUT2D eigenvalue weighted by molar-refractivity contribution is -0.385. The molecule has 0 fully saturated rings. The number of hydrogen-bond acceptors (Lipinski definition) is 4. The van der Waals surface area contributed by atoms with Gasteiger partial charge in [-0.1, -0.05) is 57.6 Å². The van der Waals surface area contributed by atoms with E-state index in [2.05, 4.69) is 6.92 Å². The molecule has 1 rings (SSSR count). The maximum absolute atomic E-state index is 11.7. The molecule has 5 nitrogen and oxygen atoms in total. The average Bonchev–Trinajstić information content (AvgIpc) is 2.46. The van der Waals surface area contributed by atoms with Gasteiger partial charge in [0.2, 0.25) is 5.75 Å². The highest BCUT2D eigenvalue weighted by Crippen LogP contribution is 2.26. The quantitative estimate of drug-likeness (QED) is 0.207. The molecule has 0 unspecified atom stereocenters. The first-order valence-electron chi connectivity index (χ1n) is 7.59. The minimum absolute atomic E-state index is 0.0236. The Morgan fingerprint density at radius 3 is 2.38 bits per heavy atom. The van der Waals surface area contributed by atoms with Gasteiger partial charge in [-0.2, -0.15) is 0 Å². The number of para-hydroxylation sites is 2. The topological polar surface area (TPSA) is 69.4 Å². The summed E-state index contributed by atoms with van der Waals surface area (Å²) in [7, 11) is 0. The summed E-state index contributed by atoms with van der Waals surface area (Å²) >= 11 is 0. The molecule has 0 amide bonds. The molecule has 21 heavy (non-hydrogen) atoms. The first-order valence-corrected chi connectivity index (χ1v) is 7.59. The summed E-state index contributed by atoms with van der Waals surface area (Å²) in [6.45, 7) is 2.18. The lowest BCUT2D eigenvalue weighted by Crippen LogP contribution is -2.08. The summed E-state index contributed by atoms with van der Waals surface area (Å²) in [6.07, 6.45) is 8.13. The van der Waals surface area contributed by atoms with E-state index in [0.717, 1.165) is 19.3 Å². The molecule has 5 heteroatoms. The predicted octanol–water partition coefficient (Wildman–Crippen LogP) is 4.64. The summed E-state index contributed by atoms with van der Waals surface area (Å²) in [5, 5.41) is 10.8. The van der Waals surface area contributed by atoms with Crippen molar-refractivity contribution in [2.45, 2.75) is 58.3 Å². The van der Waals surface area contributed by atoms with Crippen molar-refractivity contribution in [3.8, 4) is 5.75 Å². The number of nitrogens with zero attached hydrogens (tertiary/aromatic N) is 1. The van der Waals surface area contributed by atoms with Gasteiger partial charge in [0.05, 0.1) is 4.92 Å². The lowest BCUT2D eigenvalue weighted by atomic mass is 10.1. The highest BCUT2D eigenvalue weighted by molar-refractivity contribution is 5.73. The van der Waals surface area contributed by atoms with E-state index in [0.29, 0.717) is 6.42 Å². The number of rotatable bonds is 10. The number of carbonyl (C=O) groups is 1. The number of nitro benzene ring substituents is 1. The first-order chi connectivity index (χ1) is 10.1. The van der Waals surface area contributed by atoms with Crippen LogP contribution in [0.15, 0.2) is 24.3 Å². The highest BCUT2D eigenvalue weighted by atomic mass is 16.6. The van der Waals surface area contributed by atoms with Crippen LogP contribution >= 0.6 is 0 Å². The number of esters is 1. The summed E-state index contributed by atoms with van der Waals surface area (Å²) in [5.74, 6) is -0.381. The van der Waals surface area contributed by atoms with Crippen molar-refractivity contribution in [2.24, 2.45) is 0 Å². The van der Waals surface area contributed by atoms with E-state index in [1.54, 1.807) is 12.1 Å².